The third-order valence-electron chi connectivity index (χ3n) is 0.589. The molecule has 3 nitrogen and oxygen atoms in total. The highest BCUT2D eigenvalue weighted by Crippen LogP contribution is 1.70. The molecule has 0 rings (SSSR count). The molecule has 0 atom stereocenters. The Morgan fingerprint density at radius 2 is 2.62 bits per heavy atom. The molecule has 3 heteroatoms. The summed E-state index contributed by atoms with van der Waals surface area (Å²) in [5.74, 6) is 2.38. The van der Waals surface area contributed by atoms with Crippen molar-refractivity contribution in [1.29, 1.82) is 0 Å². The first-order chi connectivity index (χ1) is 3.81. The normalized spacial score (nSPS) is 9.00. The third-order valence-corrected chi connectivity index (χ3v) is 0.589. The highest BCUT2D eigenvalue weighted by atomic mass is 16.4. The largest absolute Gasteiger partial charge is 0.410 e. The number of oxime groups is 1. The van der Waals surface area contributed by atoms with E-state index < -0.39 is 0 Å². The van der Waals surface area contributed by atoms with E-state index in [0.29, 0.717) is 6.54 Å². The quantitative estimate of drug-likeness (QED) is 0.179. The number of nitrogens with zero attached hydrogens (tertiary/aromatic N) is 2. The van der Waals surface area contributed by atoms with Crippen LogP contribution in [-0.4, -0.2) is 30.0 Å². The van der Waals surface area contributed by atoms with Crippen molar-refractivity contribution in [1.82, 2.24) is 4.90 Å². The Balaban J connectivity index is 3.36. The molecule has 0 aromatic heterocycles. The van der Waals surface area contributed by atoms with E-state index >= 15 is 0 Å². The van der Waals surface area contributed by atoms with Crippen LogP contribution in [0.25, 0.3) is 0 Å². The summed E-state index contributed by atoms with van der Waals surface area (Å²) in [5, 5.41) is 10.7. The van der Waals surface area contributed by atoms with Crippen molar-refractivity contribution in [2.45, 2.75) is 0 Å². The summed E-state index contributed by atoms with van der Waals surface area (Å²) in [7, 11) is 1.72. The smallest absolute Gasteiger partial charge is 0.131 e. The average Bonchev–Trinajstić information content (AvgIpc) is 1.68. The Bertz CT molecular complexity index is 114. The zero-order chi connectivity index (χ0) is 6.41. The first-order valence-corrected chi connectivity index (χ1v) is 2.12. The van der Waals surface area contributed by atoms with Crippen molar-refractivity contribution in [2.75, 3.05) is 13.6 Å². The number of terminal acetylenes is 1. The molecular weight excluding hydrogens is 104 g/mol. The second-order valence-corrected chi connectivity index (χ2v) is 1.35. The van der Waals surface area contributed by atoms with Gasteiger partial charge in [0.05, 0.1) is 6.54 Å². The minimum absolute atomic E-state index is 0.462. The second-order valence-electron chi connectivity index (χ2n) is 1.35. The zero-order valence-corrected chi connectivity index (χ0v) is 4.70. The molecule has 0 spiro atoms. The van der Waals surface area contributed by atoms with E-state index in [0.717, 1.165) is 0 Å². The maximum Gasteiger partial charge on any atom is 0.131 e. The van der Waals surface area contributed by atoms with Crippen LogP contribution in [0.4, 0.5) is 0 Å². The second kappa shape index (κ2) is 4.00. The molecule has 0 saturated carbocycles. The van der Waals surface area contributed by atoms with Gasteiger partial charge in [-0.15, -0.1) is 6.42 Å². The first-order valence-electron chi connectivity index (χ1n) is 2.12. The molecule has 8 heavy (non-hydrogen) atoms. The van der Waals surface area contributed by atoms with Crippen LogP contribution < -0.4 is 0 Å². The van der Waals surface area contributed by atoms with E-state index in [4.69, 9.17) is 11.6 Å². The summed E-state index contributed by atoms with van der Waals surface area (Å²) >= 11 is 0. The Morgan fingerprint density at radius 3 is 3.00 bits per heavy atom. The Hall–Kier alpha value is -1.17. The molecule has 1 N–H and O–H groups in total. The van der Waals surface area contributed by atoms with E-state index in [1.807, 2.05) is 0 Å². The van der Waals surface area contributed by atoms with Crippen LogP contribution >= 0.6 is 0 Å². The summed E-state index contributed by atoms with van der Waals surface area (Å²) in [6.07, 6.45) is 6.17. The molecule has 0 unspecified atom stereocenters. The molecule has 0 amide bonds. The van der Waals surface area contributed by atoms with Gasteiger partial charge in [0.25, 0.3) is 0 Å². The molecule has 0 aliphatic heterocycles. The van der Waals surface area contributed by atoms with E-state index in [9.17, 15) is 0 Å². The Morgan fingerprint density at radius 1 is 2.00 bits per heavy atom. The summed E-state index contributed by atoms with van der Waals surface area (Å²) in [6, 6.07) is 0. The highest BCUT2D eigenvalue weighted by Gasteiger charge is 1.82. The molecule has 0 saturated heterocycles. The molecule has 0 heterocycles. The van der Waals surface area contributed by atoms with E-state index in [1.54, 1.807) is 11.9 Å². The highest BCUT2D eigenvalue weighted by molar-refractivity contribution is 5.53. The molecule has 0 aromatic carbocycles. The average molecular weight is 112 g/mol. The predicted molar refractivity (Wildman–Crippen MR) is 31.7 cm³/mol. The minimum atomic E-state index is 0.462. The van der Waals surface area contributed by atoms with Crippen LogP contribution in [0.5, 0.6) is 0 Å². The topological polar surface area (TPSA) is 35.8 Å². The summed E-state index contributed by atoms with van der Waals surface area (Å²) in [6.45, 7) is 0.462. The van der Waals surface area contributed by atoms with Gasteiger partial charge in [-0.1, -0.05) is 11.1 Å². The predicted octanol–water partition coefficient (Wildman–Crippen LogP) is -0.0311. The molecular formula is C5H8N2O. The first kappa shape index (κ1) is 6.83. The molecule has 0 aromatic rings. The SMILES string of the molecule is C#CCN(C)C=NO. The van der Waals surface area contributed by atoms with Crippen molar-refractivity contribution >= 4 is 6.34 Å². The Kier molecular flexibility index (Phi) is 3.42. The van der Waals surface area contributed by atoms with Gasteiger partial charge in [0.2, 0.25) is 0 Å². The molecule has 0 fully saturated rings. The fourth-order valence-electron chi connectivity index (χ4n) is 0.273. The monoisotopic (exact) mass is 112 g/mol. The molecule has 0 aliphatic carbocycles. The maximum absolute atomic E-state index is 7.92. The van der Waals surface area contributed by atoms with Crippen LogP contribution in [0, 0.1) is 12.3 Å². The van der Waals surface area contributed by atoms with Crippen molar-refractivity contribution in [3.8, 4) is 12.3 Å². The minimum Gasteiger partial charge on any atom is -0.410 e. The lowest BCUT2D eigenvalue weighted by Crippen LogP contribution is -2.15. The van der Waals surface area contributed by atoms with Crippen molar-refractivity contribution in [2.24, 2.45) is 5.16 Å². The lowest BCUT2D eigenvalue weighted by Gasteiger charge is -2.04. The van der Waals surface area contributed by atoms with Gasteiger partial charge in [0.1, 0.15) is 6.34 Å². The summed E-state index contributed by atoms with van der Waals surface area (Å²) in [4.78, 5) is 1.58. The van der Waals surface area contributed by atoms with E-state index in [1.165, 1.54) is 6.34 Å². The lowest BCUT2D eigenvalue weighted by molar-refractivity contribution is 0.313. The van der Waals surface area contributed by atoms with Gasteiger partial charge in [0.15, 0.2) is 0 Å². The molecule has 44 valence electrons. The van der Waals surface area contributed by atoms with Gasteiger partial charge in [-0.05, 0) is 0 Å². The van der Waals surface area contributed by atoms with E-state index in [-0.39, 0.29) is 0 Å². The Labute approximate surface area is 48.6 Å². The van der Waals surface area contributed by atoms with Crippen LogP contribution in [0.2, 0.25) is 0 Å². The summed E-state index contributed by atoms with van der Waals surface area (Å²) in [5.41, 5.74) is 0. The molecule has 0 aliphatic rings. The van der Waals surface area contributed by atoms with Crippen LogP contribution in [-0.2, 0) is 0 Å². The number of hydrogen-bond acceptors (Lipinski definition) is 2. The van der Waals surface area contributed by atoms with Crippen molar-refractivity contribution < 1.29 is 5.21 Å². The van der Waals surface area contributed by atoms with Gasteiger partial charge in [-0.2, -0.15) is 0 Å². The van der Waals surface area contributed by atoms with Crippen molar-refractivity contribution in [3.63, 3.8) is 0 Å². The van der Waals surface area contributed by atoms with E-state index in [2.05, 4.69) is 11.1 Å². The van der Waals surface area contributed by atoms with Gasteiger partial charge >= 0.3 is 0 Å². The molecule has 0 radical (unpaired) electrons. The fourth-order valence-corrected chi connectivity index (χ4v) is 0.273. The zero-order valence-electron chi connectivity index (χ0n) is 4.70. The van der Waals surface area contributed by atoms with Gasteiger partial charge in [0, 0.05) is 7.05 Å². The third kappa shape index (κ3) is 3.04. The standard InChI is InChI=1S/C5H8N2O/c1-3-4-7(2)5-6-8/h1,5,8H,4H2,2H3. The fraction of sp³-hybridized carbons (Fsp3) is 0.400. The number of hydrogen-bond donors (Lipinski definition) is 1. The van der Waals surface area contributed by atoms with Crippen LogP contribution in [0.1, 0.15) is 0 Å². The molecule has 0 bridgehead atoms. The van der Waals surface area contributed by atoms with Crippen LogP contribution in [0.15, 0.2) is 5.16 Å². The van der Waals surface area contributed by atoms with Gasteiger partial charge < -0.3 is 10.1 Å². The van der Waals surface area contributed by atoms with Gasteiger partial charge in [-0.3, -0.25) is 0 Å². The lowest BCUT2D eigenvalue weighted by atomic mass is 10.6. The van der Waals surface area contributed by atoms with Crippen molar-refractivity contribution in [3.05, 3.63) is 0 Å². The number of rotatable bonds is 2. The van der Waals surface area contributed by atoms with Crippen LogP contribution in [0.3, 0.4) is 0 Å². The van der Waals surface area contributed by atoms with Gasteiger partial charge in [-0.25, -0.2) is 0 Å². The summed E-state index contributed by atoms with van der Waals surface area (Å²) < 4.78 is 0. The maximum atomic E-state index is 7.92.